The smallest absolute Gasteiger partial charge is 0.335 e. The summed E-state index contributed by atoms with van der Waals surface area (Å²) in [7, 11) is 0. The van der Waals surface area contributed by atoms with Crippen LogP contribution in [0.5, 0.6) is 0 Å². The molecule has 0 amide bonds. The molecule has 0 radical (unpaired) electrons. The van der Waals surface area contributed by atoms with Crippen molar-refractivity contribution in [1.82, 2.24) is 9.55 Å². The molecule has 0 aliphatic rings. The van der Waals surface area contributed by atoms with Gasteiger partial charge < -0.3 is 14.8 Å². The van der Waals surface area contributed by atoms with Gasteiger partial charge in [0.1, 0.15) is 5.82 Å². The Labute approximate surface area is 124 Å². The van der Waals surface area contributed by atoms with Crippen LogP contribution in [0.2, 0.25) is 0 Å². The zero-order chi connectivity index (χ0) is 15.8. The Bertz CT molecular complexity index is 671. The monoisotopic (exact) mass is 290 g/mol. The van der Waals surface area contributed by atoms with Gasteiger partial charge in [0.25, 0.3) is 0 Å². The maximum absolute atomic E-state index is 11.1. The number of aliphatic hydroxyl groups excluding tert-OH is 1. The molecule has 114 valence electrons. The summed E-state index contributed by atoms with van der Waals surface area (Å²) in [6.45, 7) is 8.82. The fourth-order valence-corrected chi connectivity index (χ4v) is 2.37. The molecule has 2 aromatic rings. The Hall–Kier alpha value is -1.88. The molecule has 1 aromatic heterocycles. The average molecular weight is 290 g/mol. The summed E-state index contributed by atoms with van der Waals surface area (Å²) in [5.74, 6) is 0.183. The molecule has 0 bridgehead atoms. The summed E-state index contributed by atoms with van der Waals surface area (Å²) in [4.78, 5) is 15.7. The molecular weight excluding hydrogens is 268 g/mol. The van der Waals surface area contributed by atoms with Crippen LogP contribution in [0.4, 0.5) is 0 Å². The van der Waals surface area contributed by atoms with E-state index in [1.807, 2.05) is 13.8 Å². The number of carbonyl (C=O) groups is 1. The first-order chi connectivity index (χ1) is 9.75. The lowest BCUT2D eigenvalue weighted by Gasteiger charge is -2.24. The van der Waals surface area contributed by atoms with E-state index in [2.05, 4.69) is 23.4 Å². The average Bonchev–Trinajstić information content (AvgIpc) is 2.76. The minimum Gasteiger partial charge on any atom is -0.478 e. The van der Waals surface area contributed by atoms with Gasteiger partial charge in [-0.1, -0.05) is 27.7 Å². The van der Waals surface area contributed by atoms with Gasteiger partial charge in [0.2, 0.25) is 0 Å². The Morgan fingerprint density at radius 3 is 2.57 bits per heavy atom. The number of imidazole rings is 1. The molecule has 2 N–H and O–H groups in total. The van der Waals surface area contributed by atoms with Crippen molar-refractivity contribution >= 4 is 17.0 Å². The number of aromatic carboxylic acids is 1. The minimum absolute atomic E-state index is 0.0808. The second kappa shape index (κ2) is 5.48. The second-order valence-corrected chi connectivity index (χ2v) is 6.54. The Morgan fingerprint density at radius 1 is 1.38 bits per heavy atom. The van der Waals surface area contributed by atoms with Gasteiger partial charge in [0.05, 0.1) is 16.6 Å². The SMILES string of the molecule is CC(C)c1nc2cc(C(=O)O)ccc2n1CC(C)(C)CO. The lowest BCUT2D eigenvalue weighted by atomic mass is 9.94. The maximum atomic E-state index is 11.1. The first kappa shape index (κ1) is 15.5. The summed E-state index contributed by atoms with van der Waals surface area (Å²) < 4.78 is 2.09. The van der Waals surface area contributed by atoms with Crippen LogP contribution in [0.3, 0.4) is 0 Å². The number of carboxylic acid groups (broad SMARTS) is 1. The molecule has 0 saturated carbocycles. The number of aromatic nitrogens is 2. The van der Waals surface area contributed by atoms with Crippen molar-refractivity contribution in [3.63, 3.8) is 0 Å². The van der Waals surface area contributed by atoms with Crippen molar-refractivity contribution in [3.05, 3.63) is 29.6 Å². The largest absolute Gasteiger partial charge is 0.478 e. The number of nitrogens with zero attached hydrogens (tertiary/aromatic N) is 2. The van der Waals surface area contributed by atoms with Crippen LogP contribution in [0.1, 0.15) is 49.8 Å². The van der Waals surface area contributed by atoms with Gasteiger partial charge >= 0.3 is 5.97 Å². The van der Waals surface area contributed by atoms with Gasteiger partial charge in [-0.3, -0.25) is 0 Å². The Balaban J connectivity index is 2.61. The van der Waals surface area contributed by atoms with E-state index in [9.17, 15) is 9.90 Å². The summed E-state index contributed by atoms with van der Waals surface area (Å²) in [6, 6.07) is 5.00. The van der Waals surface area contributed by atoms with Crippen molar-refractivity contribution in [2.75, 3.05) is 6.61 Å². The first-order valence-electron chi connectivity index (χ1n) is 7.09. The molecule has 2 rings (SSSR count). The molecule has 0 saturated heterocycles. The van der Waals surface area contributed by atoms with Crippen molar-refractivity contribution in [1.29, 1.82) is 0 Å². The molecule has 0 atom stereocenters. The van der Waals surface area contributed by atoms with E-state index in [0.29, 0.717) is 12.1 Å². The van der Waals surface area contributed by atoms with E-state index >= 15 is 0 Å². The van der Waals surface area contributed by atoms with Gasteiger partial charge in [0, 0.05) is 24.5 Å². The van der Waals surface area contributed by atoms with Gasteiger partial charge in [-0.25, -0.2) is 9.78 Å². The highest BCUT2D eigenvalue weighted by atomic mass is 16.4. The fraction of sp³-hybridized carbons (Fsp3) is 0.500. The van der Waals surface area contributed by atoms with E-state index in [-0.39, 0.29) is 23.5 Å². The molecule has 1 heterocycles. The zero-order valence-electron chi connectivity index (χ0n) is 12.9. The number of fused-ring (bicyclic) bond motifs is 1. The predicted octanol–water partition coefficient (Wildman–Crippen LogP) is 2.88. The molecule has 1 aromatic carbocycles. The third-order valence-corrected chi connectivity index (χ3v) is 3.56. The van der Waals surface area contributed by atoms with E-state index in [1.54, 1.807) is 18.2 Å². The number of rotatable bonds is 5. The van der Waals surface area contributed by atoms with Crippen LogP contribution in [0.15, 0.2) is 18.2 Å². The molecule has 5 nitrogen and oxygen atoms in total. The summed E-state index contributed by atoms with van der Waals surface area (Å²) >= 11 is 0. The van der Waals surface area contributed by atoms with Crippen LogP contribution in [-0.2, 0) is 6.54 Å². The molecule has 0 unspecified atom stereocenters. The highest BCUT2D eigenvalue weighted by Gasteiger charge is 2.22. The Morgan fingerprint density at radius 2 is 2.05 bits per heavy atom. The third-order valence-electron chi connectivity index (χ3n) is 3.56. The number of aliphatic hydroxyl groups is 1. The second-order valence-electron chi connectivity index (χ2n) is 6.54. The number of hydrogen-bond acceptors (Lipinski definition) is 3. The topological polar surface area (TPSA) is 75.3 Å². The number of hydrogen-bond donors (Lipinski definition) is 2. The van der Waals surface area contributed by atoms with E-state index < -0.39 is 5.97 Å². The molecular formula is C16H22N2O3. The predicted molar refractivity (Wildman–Crippen MR) is 81.6 cm³/mol. The van der Waals surface area contributed by atoms with Crippen molar-refractivity contribution in [3.8, 4) is 0 Å². The molecule has 0 spiro atoms. The van der Waals surface area contributed by atoms with Gasteiger partial charge in [0.15, 0.2) is 0 Å². The van der Waals surface area contributed by atoms with E-state index in [4.69, 9.17) is 5.11 Å². The minimum atomic E-state index is -0.951. The first-order valence-corrected chi connectivity index (χ1v) is 7.09. The fourth-order valence-electron chi connectivity index (χ4n) is 2.37. The van der Waals surface area contributed by atoms with E-state index in [0.717, 1.165) is 11.3 Å². The zero-order valence-corrected chi connectivity index (χ0v) is 12.9. The molecule has 0 fully saturated rings. The van der Waals surface area contributed by atoms with Gasteiger partial charge in [-0.05, 0) is 18.2 Å². The van der Waals surface area contributed by atoms with Crippen LogP contribution < -0.4 is 0 Å². The molecule has 0 aliphatic carbocycles. The molecule has 21 heavy (non-hydrogen) atoms. The van der Waals surface area contributed by atoms with Crippen LogP contribution in [-0.4, -0.2) is 32.3 Å². The third kappa shape index (κ3) is 3.08. The van der Waals surface area contributed by atoms with Crippen molar-refractivity contribution < 1.29 is 15.0 Å². The maximum Gasteiger partial charge on any atom is 0.335 e. The normalized spacial score (nSPS) is 12.3. The van der Waals surface area contributed by atoms with E-state index in [1.165, 1.54) is 0 Å². The van der Waals surface area contributed by atoms with Crippen LogP contribution >= 0.6 is 0 Å². The number of benzene rings is 1. The highest BCUT2D eigenvalue weighted by Crippen LogP contribution is 2.27. The summed E-state index contributed by atoms with van der Waals surface area (Å²) in [5, 5.41) is 18.6. The quantitative estimate of drug-likeness (QED) is 0.888. The lowest BCUT2D eigenvalue weighted by molar-refractivity contribution is 0.0697. The molecule has 5 heteroatoms. The standard InChI is InChI=1S/C16H22N2O3/c1-10(2)14-17-12-7-11(15(20)21)5-6-13(12)18(14)8-16(3,4)9-19/h5-7,10,19H,8-9H2,1-4H3,(H,20,21). The summed E-state index contributed by atoms with van der Waals surface area (Å²) in [6.07, 6.45) is 0. The molecule has 0 aliphatic heterocycles. The lowest BCUT2D eigenvalue weighted by Crippen LogP contribution is -2.25. The number of carboxylic acids is 1. The summed E-state index contributed by atoms with van der Waals surface area (Å²) in [5.41, 5.74) is 1.57. The highest BCUT2D eigenvalue weighted by molar-refractivity contribution is 5.92. The van der Waals surface area contributed by atoms with Gasteiger partial charge in [-0.15, -0.1) is 0 Å². The van der Waals surface area contributed by atoms with Crippen molar-refractivity contribution in [2.24, 2.45) is 5.41 Å². The van der Waals surface area contributed by atoms with Gasteiger partial charge in [-0.2, -0.15) is 0 Å². The van der Waals surface area contributed by atoms with Crippen molar-refractivity contribution in [2.45, 2.75) is 40.2 Å². The Kier molecular flexibility index (Phi) is 4.05. The van der Waals surface area contributed by atoms with Crippen LogP contribution in [0, 0.1) is 5.41 Å². The van der Waals surface area contributed by atoms with Crippen LogP contribution in [0.25, 0.3) is 11.0 Å².